The highest BCUT2D eigenvalue weighted by molar-refractivity contribution is 7.09. The Morgan fingerprint density at radius 3 is 2.75 bits per heavy atom. The third-order valence-corrected chi connectivity index (χ3v) is 4.24. The number of nitrogens with zero attached hydrogens (tertiary/aromatic N) is 3. The molecule has 5 nitrogen and oxygen atoms in total. The Hall–Kier alpha value is -1.40. The SMILES string of the molecule is Cn1ccn(CCCCc2nc(CCl)cs2)c(=O)c1=O. The maximum Gasteiger partial charge on any atom is 0.316 e. The number of aryl methyl sites for hydroxylation is 3. The lowest BCUT2D eigenvalue weighted by Gasteiger charge is -2.05. The van der Waals surface area contributed by atoms with E-state index in [4.69, 9.17) is 11.6 Å². The van der Waals surface area contributed by atoms with E-state index in [0.29, 0.717) is 12.4 Å². The molecule has 0 atom stereocenters. The van der Waals surface area contributed by atoms with Gasteiger partial charge in [-0.3, -0.25) is 9.59 Å². The van der Waals surface area contributed by atoms with E-state index >= 15 is 0 Å². The number of halogens is 1. The van der Waals surface area contributed by atoms with Crippen molar-refractivity contribution in [1.29, 1.82) is 0 Å². The zero-order chi connectivity index (χ0) is 14.5. The van der Waals surface area contributed by atoms with Crippen molar-refractivity contribution in [2.45, 2.75) is 31.7 Å². The van der Waals surface area contributed by atoms with Crippen LogP contribution >= 0.6 is 22.9 Å². The predicted octanol–water partition coefficient (Wildman–Crippen LogP) is 1.77. The molecule has 0 unspecified atom stereocenters. The number of aromatic nitrogens is 3. The molecule has 2 heterocycles. The van der Waals surface area contributed by atoms with Crippen LogP contribution in [-0.4, -0.2) is 14.1 Å². The predicted molar refractivity (Wildman–Crippen MR) is 80.6 cm³/mol. The van der Waals surface area contributed by atoms with Crippen molar-refractivity contribution in [1.82, 2.24) is 14.1 Å². The molecule has 0 radical (unpaired) electrons. The molecular weight excluding hydrogens is 298 g/mol. The van der Waals surface area contributed by atoms with E-state index in [9.17, 15) is 9.59 Å². The van der Waals surface area contributed by atoms with Gasteiger partial charge in [-0.25, -0.2) is 4.98 Å². The van der Waals surface area contributed by atoms with Crippen LogP contribution in [0.4, 0.5) is 0 Å². The fourth-order valence-corrected chi connectivity index (χ4v) is 2.92. The summed E-state index contributed by atoms with van der Waals surface area (Å²) >= 11 is 7.31. The summed E-state index contributed by atoms with van der Waals surface area (Å²) in [6.45, 7) is 0.558. The first-order valence-corrected chi connectivity index (χ1v) is 7.78. The van der Waals surface area contributed by atoms with Gasteiger partial charge in [0.25, 0.3) is 0 Å². The molecule has 0 aromatic carbocycles. The lowest BCUT2D eigenvalue weighted by atomic mass is 10.2. The molecule has 0 spiro atoms. The second-order valence-corrected chi connectivity index (χ2v) is 5.75. The van der Waals surface area contributed by atoms with E-state index in [2.05, 4.69) is 4.98 Å². The van der Waals surface area contributed by atoms with Crippen molar-refractivity contribution in [3.8, 4) is 0 Å². The van der Waals surface area contributed by atoms with Gasteiger partial charge in [-0.05, 0) is 19.3 Å². The Labute approximate surface area is 125 Å². The molecule has 2 aromatic rings. The lowest BCUT2D eigenvalue weighted by molar-refractivity contribution is 0.576. The molecule has 0 aliphatic rings. The van der Waals surface area contributed by atoms with Crippen molar-refractivity contribution in [2.75, 3.05) is 0 Å². The second kappa shape index (κ2) is 6.85. The van der Waals surface area contributed by atoms with Gasteiger partial charge in [-0.1, -0.05) is 0 Å². The van der Waals surface area contributed by atoms with Crippen LogP contribution in [0.15, 0.2) is 27.4 Å². The van der Waals surface area contributed by atoms with Crippen molar-refractivity contribution in [3.05, 3.63) is 49.2 Å². The van der Waals surface area contributed by atoms with Gasteiger partial charge in [-0.2, -0.15) is 0 Å². The first kappa shape index (κ1) is 15.0. The van der Waals surface area contributed by atoms with E-state index < -0.39 is 11.1 Å². The van der Waals surface area contributed by atoms with Crippen molar-refractivity contribution in [3.63, 3.8) is 0 Å². The van der Waals surface area contributed by atoms with Gasteiger partial charge >= 0.3 is 11.1 Å². The zero-order valence-electron chi connectivity index (χ0n) is 11.2. The van der Waals surface area contributed by atoms with E-state index in [1.807, 2.05) is 5.38 Å². The summed E-state index contributed by atoms with van der Waals surface area (Å²) in [4.78, 5) is 27.6. The quantitative estimate of drug-likeness (QED) is 0.464. The Kier molecular flexibility index (Phi) is 5.14. The highest BCUT2D eigenvalue weighted by Crippen LogP contribution is 2.14. The van der Waals surface area contributed by atoms with Crippen LogP contribution in [0.1, 0.15) is 23.5 Å². The second-order valence-electron chi connectivity index (χ2n) is 4.54. The molecule has 0 aliphatic heterocycles. The normalized spacial score (nSPS) is 10.9. The number of hydrogen-bond acceptors (Lipinski definition) is 4. The summed E-state index contributed by atoms with van der Waals surface area (Å²) in [6.07, 6.45) is 5.90. The van der Waals surface area contributed by atoms with Crippen LogP contribution in [0.2, 0.25) is 0 Å². The zero-order valence-corrected chi connectivity index (χ0v) is 12.8. The highest BCUT2D eigenvalue weighted by atomic mass is 35.5. The number of thiazole rings is 1. The highest BCUT2D eigenvalue weighted by Gasteiger charge is 2.03. The number of unbranched alkanes of at least 4 members (excludes halogenated alkanes) is 1. The van der Waals surface area contributed by atoms with Crippen LogP contribution in [0.5, 0.6) is 0 Å². The van der Waals surface area contributed by atoms with Crippen molar-refractivity contribution in [2.24, 2.45) is 7.05 Å². The molecule has 0 fully saturated rings. The van der Waals surface area contributed by atoms with Gasteiger partial charge in [0.1, 0.15) is 0 Å². The molecular formula is C13H16ClN3O2S. The Morgan fingerprint density at radius 1 is 1.25 bits per heavy atom. The molecule has 0 amide bonds. The molecule has 20 heavy (non-hydrogen) atoms. The Bertz CT molecular complexity index is 689. The van der Waals surface area contributed by atoms with E-state index in [-0.39, 0.29) is 0 Å². The first-order chi connectivity index (χ1) is 9.61. The maximum absolute atomic E-state index is 11.7. The summed E-state index contributed by atoms with van der Waals surface area (Å²) < 4.78 is 2.76. The summed E-state index contributed by atoms with van der Waals surface area (Å²) in [5.41, 5.74) is -0.0395. The number of rotatable bonds is 6. The van der Waals surface area contributed by atoms with Crippen LogP contribution in [-0.2, 0) is 25.9 Å². The molecule has 0 bridgehead atoms. The van der Waals surface area contributed by atoms with E-state index in [1.165, 1.54) is 9.13 Å². The monoisotopic (exact) mass is 313 g/mol. The molecule has 2 rings (SSSR count). The average molecular weight is 314 g/mol. The van der Waals surface area contributed by atoms with Crippen LogP contribution < -0.4 is 11.1 Å². The van der Waals surface area contributed by atoms with Gasteiger partial charge in [-0.15, -0.1) is 22.9 Å². The molecule has 0 aliphatic carbocycles. The lowest BCUT2D eigenvalue weighted by Crippen LogP contribution is -2.39. The minimum Gasteiger partial charge on any atom is -0.312 e. The topological polar surface area (TPSA) is 56.9 Å². The molecule has 108 valence electrons. The van der Waals surface area contributed by atoms with Gasteiger partial charge < -0.3 is 9.13 Å². The maximum atomic E-state index is 11.7. The van der Waals surface area contributed by atoms with E-state index in [0.717, 1.165) is 30.0 Å². The van der Waals surface area contributed by atoms with Crippen molar-refractivity contribution < 1.29 is 0 Å². The number of hydrogen-bond donors (Lipinski definition) is 0. The van der Waals surface area contributed by atoms with Gasteiger partial charge in [0.2, 0.25) is 0 Å². The summed E-state index contributed by atoms with van der Waals surface area (Å²) in [6, 6.07) is 0. The minimum absolute atomic E-state index is 0.444. The average Bonchev–Trinajstić information content (AvgIpc) is 2.91. The Morgan fingerprint density at radius 2 is 2.05 bits per heavy atom. The third-order valence-electron chi connectivity index (χ3n) is 3.01. The standard InChI is InChI=1S/C13H16ClN3O2S/c1-16-6-7-17(13(19)12(16)18)5-3-2-4-11-15-10(8-14)9-20-11/h6-7,9H,2-5,8H2,1H3. The smallest absolute Gasteiger partial charge is 0.312 e. The van der Waals surface area contributed by atoms with Crippen molar-refractivity contribution >= 4 is 22.9 Å². The van der Waals surface area contributed by atoms with Crippen LogP contribution in [0.25, 0.3) is 0 Å². The molecule has 0 N–H and O–H groups in total. The summed E-state index contributed by atoms with van der Waals surface area (Å²) in [7, 11) is 1.57. The molecule has 0 saturated heterocycles. The molecule has 7 heteroatoms. The summed E-state index contributed by atoms with van der Waals surface area (Å²) in [5.74, 6) is 0.444. The van der Waals surface area contributed by atoms with Crippen LogP contribution in [0, 0.1) is 0 Å². The molecule has 0 saturated carbocycles. The largest absolute Gasteiger partial charge is 0.316 e. The minimum atomic E-state index is -0.487. The van der Waals surface area contributed by atoms with Crippen LogP contribution in [0.3, 0.4) is 0 Å². The fraction of sp³-hybridized carbons (Fsp3) is 0.462. The van der Waals surface area contributed by atoms with Gasteiger partial charge in [0.15, 0.2) is 0 Å². The first-order valence-electron chi connectivity index (χ1n) is 6.37. The fourth-order valence-electron chi connectivity index (χ4n) is 1.85. The van der Waals surface area contributed by atoms with Gasteiger partial charge in [0, 0.05) is 31.4 Å². The Balaban J connectivity index is 1.86. The van der Waals surface area contributed by atoms with E-state index in [1.54, 1.807) is 30.8 Å². The summed E-state index contributed by atoms with van der Waals surface area (Å²) in [5, 5.41) is 3.03. The van der Waals surface area contributed by atoms with Gasteiger partial charge in [0.05, 0.1) is 16.6 Å². The third kappa shape index (κ3) is 3.58. The molecule has 2 aromatic heterocycles. The number of alkyl halides is 1.